The Balaban J connectivity index is 1.54. The molecule has 29 heavy (non-hydrogen) atoms. The number of piperidine rings is 1. The highest BCUT2D eigenvalue weighted by atomic mass is 32.2. The Morgan fingerprint density at radius 1 is 1.34 bits per heavy atom. The highest BCUT2D eigenvalue weighted by Gasteiger charge is 2.33. The van der Waals surface area contributed by atoms with Crippen LogP contribution in [0, 0.1) is 23.2 Å². The minimum atomic E-state index is -3.34. The third-order valence-electron chi connectivity index (χ3n) is 5.63. The van der Waals surface area contributed by atoms with Crippen molar-refractivity contribution in [1.82, 2.24) is 9.88 Å². The lowest BCUT2D eigenvalue weighted by Crippen LogP contribution is -2.36. The molecular formula is C21H22FN3O3S. The number of hydrogen-bond acceptors (Lipinski definition) is 6. The molecule has 1 atom stereocenters. The fraction of sp³-hybridized carbons (Fsp3) is 0.429. The second-order valence-electron chi connectivity index (χ2n) is 7.81. The second kappa shape index (κ2) is 7.64. The molecule has 2 aliphatic heterocycles. The number of halogens is 1. The van der Waals surface area contributed by atoms with E-state index in [1.54, 1.807) is 23.2 Å². The quantitative estimate of drug-likeness (QED) is 0.714. The van der Waals surface area contributed by atoms with Crippen LogP contribution in [-0.4, -0.2) is 43.8 Å². The van der Waals surface area contributed by atoms with Gasteiger partial charge in [-0.1, -0.05) is 12.1 Å². The van der Waals surface area contributed by atoms with E-state index in [4.69, 9.17) is 10.00 Å². The number of fused-ring (bicyclic) bond motifs is 1. The van der Waals surface area contributed by atoms with Gasteiger partial charge in [-0.2, -0.15) is 5.26 Å². The lowest BCUT2D eigenvalue weighted by Gasteiger charge is -2.31. The summed E-state index contributed by atoms with van der Waals surface area (Å²) in [4.78, 5) is 6.13. The predicted molar refractivity (Wildman–Crippen MR) is 106 cm³/mol. The molecule has 1 saturated heterocycles. The molecule has 0 radical (unpaired) electrons. The van der Waals surface area contributed by atoms with E-state index >= 15 is 0 Å². The average Bonchev–Trinajstić information content (AvgIpc) is 3.12. The van der Waals surface area contributed by atoms with Crippen molar-refractivity contribution in [3.63, 3.8) is 0 Å². The van der Waals surface area contributed by atoms with Gasteiger partial charge in [0.25, 0.3) is 0 Å². The van der Waals surface area contributed by atoms with Gasteiger partial charge in [-0.3, -0.25) is 4.98 Å². The Hall–Kier alpha value is -2.66. The molecule has 152 valence electrons. The van der Waals surface area contributed by atoms with Gasteiger partial charge in [0.2, 0.25) is 0 Å². The molecular weight excluding hydrogens is 393 g/mol. The van der Waals surface area contributed by atoms with E-state index in [9.17, 15) is 12.8 Å². The van der Waals surface area contributed by atoms with E-state index in [0.717, 1.165) is 44.2 Å². The summed E-state index contributed by atoms with van der Waals surface area (Å²) in [6, 6.07) is 6.58. The van der Waals surface area contributed by atoms with Gasteiger partial charge in [0.05, 0.1) is 17.6 Å². The van der Waals surface area contributed by atoms with Crippen molar-refractivity contribution < 1.29 is 17.5 Å². The van der Waals surface area contributed by atoms with Crippen LogP contribution in [-0.2, 0) is 22.0 Å². The van der Waals surface area contributed by atoms with Crippen molar-refractivity contribution in [3.05, 3.63) is 47.4 Å². The van der Waals surface area contributed by atoms with Gasteiger partial charge in [0, 0.05) is 42.5 Å². The largest absolute Gasteiger partial charge is 0.488 e. The number of ether oxygens (including phenoxy) is 1. The van der Waals surface area contributed by atoms with Crippen LogP contribution in [0.25, 0.3) is 11.3 Å². The fourth-order valence-electron chi connectivity index (χ4n) is 4.12. The van der Waals surface area contributed by atoms with E-state index in [-0.39, 0.29) is 17.4 Å². The summed E-state index contributed by atoms with van der Waals surface area (Å²) in [6.45, 7) is 1.50. The minimum Gasteiger partial charge on any atom is -0.488 e. The van der Waals surface area contributed by atoms with Crippen LogP contribution >= 0.6 is 0 Å². The molecule has 0 saturated carbocycles. The van der Waals surface area contributed by atoms with Gasteiger partial charge >= 0.3 is 0 Å². The molecule has 0 amide bonds. The summed E-state index contributed by atoms with van der Waals surface area (Å²) in [5.41, 5.74) is 1.89. The summed E-state index contributed by atoms with van der Waals surface area (Å²) in [5, 5.41) is 9.00. The molecule has 0 spiro atoms. The van der Waals surface area contributed by atoms with Crippen LogP contribution in [0.5, 0.6) is 5.75 Å². The Morgan fingerprint density at radius 3 is 2.79 bits per heavy atom. The van der Waals surface area contributed by atoms with E-state index in [1.807, 2.05) is 6.07 Å². The van der Waals surface area contributed by atoms with E-state index < -0.39 is 15.7 Å². The number of nitriles is 1. The predicted octanol–water partition coefficient (Wildman–Crippen LogP) is 2.93. The highest BCUT2D eigenvalue weighted by molar-refractivity contribution is 7.89. The van der Waals surface area contributed by atoms with Crippen LogP contribution in [0.2, 0.25) is 0 Å². The Morgan fingerprint density at radius 2 is 2.10 bits per heavy atom. The van der Waals surface area contributed by atoms with Crippen LogP contribution in [0.4, 0.5) is 4.39 Å². The zero-order valence-corrected chi connectivity index (χ0v) is 17.0. The van der Waals surface area contributed by atoms with Crippen molar-refractivity contribution >= 4 is 9.84 Å². The number of benzene rings is 1. The zero-order valence-electron chi connectivity index (χ0n) is 16.1. The monoisotopic (exact) mass is 415 g/mol. The molecule has 3 heterocycles. The van der Waals surface area contributed by atoms with Crippen LogP contribution in [0.15, 0.2) is 30.5 Å². The normalized spacial score (nSPS) is 19.5. The summed E-state index contributed by atoms with van der Waals surface area (Å²) < 4.78 is 44.1. The number of hydrogen-bond donors (Lipinski definition) is 0. The number of likely N-dealkylation sites (tertiary alicyclic amines) is 1. The van der Waals surface area contributed by atoms with Crippen molar-refractivity contribution in [2.75, 3.05) is 19.3 Å². The van der Waals surface area contributed by atoms with Gasteiger partial charge in [-0.15, -0.1) is 0 Å². The molecule has 4 rings (SSSR count). The molecule has 8 heteroatoms. The Kier molecular flexibility index (Phi) is 5.17. The maximum Gasteiger partial charge on any atom is 0.179 e. The first-order valence-corrected chi connectivity index (χ1v) is 11.7. The standard InChI is InChI=1S/C21H22FN3O3S/c1-29(26,27)12-15-3-2-4-17(21(15)22)18-9-16-10-19(28-20(16)11-24-18)14-5-7-25(13-23)8-6-14/h2-4,9,11,14,19H,5-8,10,12H2,1H3. The molecule has 0 aliphatic carbocycles. The Labute approximate surface area is 169 Å². The lowest BCUT2D eigenvalue weighted by molar-refractivity contribution is 0.110. The minimum absolute atomic E-state index is 0.0457. The van der Waals surface area contributed by atoms with Crippen molar-refractivity contribution in [2.45, 2.75) is 31.1 Å². The summed E-state index contributed by atoms with van der Waals surface area (Å²) >= 11 is 0. The molecule has 1 unspecified atom stereocenters. The van der Waals surface area contributed by atoms with Crippen molar-refractivity contribution in [3.8, 4) is 23.2 Å². The Bertz CT molecular complexity index is 1070. The van der Waals surface area contributed by atoms with Gasteiger partial charge in [-0.05, 0) is 30.9 Å². The molecule has 1 aromatic heterocycles. The maximum atomic E-state index is 14.9. The summed E-state index contributed by atoms with van der Waals surface area (Å²) in [5.74, 6) is 0.202. The molecule has 2 aromatic rings. The van der Waals surface area contributed by atoms with Gasteiger partial charge in [0.1, 0.15) is 17.7 Å². The first-order valence-electron chi connectivity index (χ1n) is 9.60. The fourth-order valence-corrected chi connectivity index (χ4v) is 4.91. The highest BCUT2D eigenvalue weighted by Crippen LogP contribution is 2.37. The number of rotatable bonds is 4. The smallest absolute Gasteiger partial charge is 0.179 e. The first kappa shape index (κ1) is 19.6. The molecule has 1 aromatic carbocycles. The molecule has 2 aliphatic rings. The molecule has 0 bridgehead atoms. The van der Waals surface area contributed by atoms with Gasteiger partial charge in [0.15, 0.2) is 16.0 Å². The van der Waals surface area contributed by atoms with Crippen molar-refractivity contribution in [1.29, 1.82) is 5.26 Å². The first-order chi connectivity index (χ1) is 13.8. The van der Waals surface area contributed by atoms with Gasteiger partial charge < -0.3 is 9.64 Å². The molecule has 1 fully saturated rings. The SMILES string of the molecule is CS(=O)(=O)Cc1cccc(-c2cc3c(cn2)OC(C2CCN(C#N)CC2)C3)c1F. The van der Waals surface area contributed by atoms with E-state index in [1.165, 1.54) is 6.07 Å². The lowest BCUT2D eigenvalue weighted by atomic mass is 9.89. The van der Waals surface area contributed by atoms with E-state index in [0.29, 0.717) is 22.9 Å². The van der Waals surface area contributed by atoms with E-state index in [2.05, 4.69) is 11.2 Å². The molecule has 0 N–H and O–H groups in total. The number of aromatic nitrogens is 1. The average molecular weight is 415 g/mol. The maximum absolute atomic E-state index is 14.9. The van der Waals surface area contributed by atoms with Crippen LogP contribution in [0.1, 0.15) is 24.0 Å². The van der Waals surface area contributed by atoms with Crippen LogP contribution < -0.4 is 4.74 Å². The molecule has 6 nitrogen and oxygen atoms in total. The second-order valence-corrected chi connectivity index (χ2v) is 9.95. The third kappa shape index (κ3) is 4.20. The summed E-state index contributed by atoms with van der Waals surface area (Å²) in [7, 11) is -3.34. The zero-order chi connectivity index (χ0) is 20.6. The third-order valence-corrected chi connectivity index (χ3v) is 6.46. The van der Waals surface area contributed by atoms with Crippen molar-refractivity contribution in [2.24, 2.45) is 5.92 Å². The van der Waals surface area contributed by atoms with Gasteiger partial charge in [-0.25, -0.2) is 12.8 Å². The number of sulfone groups is 1. The topological polar surface area (TPSA) is 83.3 Å². The summed E-state index contributed by atoms with van der Waals surface area (Å²) in [6.07, 6.45) is 7.50. The number of nitrogens with zero attached hydrogens (tertiary/aromatic N) is 3. The number of pyridine rings is 1. The van der Waals surface area contributed by atoms with Crippen LogP contribution in [0.3, 0.4) is 0 Å².